The van der Waals surface area contributed by atoms with E-state index in [0.29, 0.717) is 18.2 Å². The largest absolute Gasteiger partial charge is 0.346 e. The molecule has 0 saturated carbocycles. The molecule has 2 aromatic heterocycles. The highest BCUT2D eigenvalue weighted by Gasteiger charge is 2.28. The lowest BCUT2D eigenvalue weighted by Crippen LogP contribution is -2.51. The smallest absolute Gasteiger partial charge is 0.255 e. The first-order valence-electron chi connectivity index (χ1n) is 9.10. The minimum absolute atomic E-state index is 0.0969. The number of hydrogen-bond donors (Lipinski definition) is 1. The minimum Gasteiger partial charge on any atom is -0.346 e. The van der Waals surface area contributed by atoms with Gasteiger partial charge in [-0.05, 0) is 24.6 Å². The molecular weight excluding hydrogens is 354 g/mol. The zero-order chi connectivity index (χ0) is 19.7. The number of nitrogens with zero attached hydrogens (tertiary/aromatic N) is 4. The second-order valence-electron chi connectivity index (χ2n) is 6.99. The van der Waals surface area contributed by atoms with Gasteiger partial charge < -0.3 is 10.2 Å². The van der Waals surface area contributed by atoms with E-state index in [0.717, 1.165) is 16.7 Å². The summed E-state index contributed by atoms with van der Waals surface area (Å²) in [6.07, 6.45) is 3.33. The molecule has 1 fully saturated rings. The number of pyridine rings is 1. The van der Waals surface area contributed by atoms with E-state index in [9.17, 15) is 9.59 Å². The van der Waals surface area contributed by atoms with Gasteiger partial charge in [-0.2, -0.15) is 0 Å². The Balaban J connectivity index is 1.71. The third-order valence-electron chi connectivity index (χ3n) is 4.92. The van der Waals surface area contributed by atoms with E-state index in [1.807, 2.05) is 48.2 Å². The fourth-order valence-electron chi connectivity index (χ4n) is 3.36. The summed E-state index contributed by atoms with van der Waals surface area (Å²) in [6.45, 7) is 2.72. The van der Waals surface area contributed by atoms with Crippen molar-refractivity contribution in [3.05, 3.63) is 76.3 Å². The molecule has 1 aromatic carbocycles. The third kappa shape index (κ3) is 3.51. The van der Waals surface area contributed by atoms with Crippen molar-refractivity contribution in [2.24, 2.45) is 7.05 Å². The van der Waals surface area contributed by atoms with E-state index in [1.165, 1.54) is 10.6 Å². The predicted molar refractivity (Wildman–Crippen MR) is 107 cm³/mol. The summed E-state index contributed by atoms with van der Waals surface area (Å²) in [7, 11) is 1.67. The van der Waals surface area contributed by atoms with Gasteiger partial charge in [0.2, 0.25) is 11.9 Å². The summed E-state index contributed by atoms with van der Waals surface area (Å²) in [5.41, 5.74) is 3.40. The number of carbonyl (C=O) groups excluding carboxylic acids is 1. The van der Waals surface area contributed by atoms with Crippen molar-refractivity contribution < 1.29 is 4.79 Å². The summed E-state index contributed by atoms with van der Waals surface area (Å²) < 4.78 is 1.48. The molecule has 3 aromatic rings. The molecule has 1 atom stereocenters. The number of amides is 1. The lowest BCUT2D eigenvalue weighted by atomic mass is 10.0. The lowest BCUT2D eigenvalue weighted by molar-refractivity contribution is -0.121. The molecule has 1 saturated heterocycles. The quantitative estimate of drug-likeness (QED) is 0.755. The number of hydrogen-bond acceptors (Lipinski definition) is 5. The van der Waals surface area contributed by atoms with E-state index >= 15 is 0 Å². The lowest BCUT2D eigenvalue weighted by Gasteiger charge is -2.34. The first-order chi connectivity index (χ1) is 13.5. The van der Waals surface area contributed by atoms with Crippen LogP contribution in [0.4, 0.5) is 5.95 Å². The van der Waals surface area contributed by atoms with Gasteiger partial charge in [0.1, 0.15) is 0 Å². The molecule has 3 heterocycles. The predicted octanol–water partition coefficient (Wildman–Crippen LogP) is 1.83. The summed E-state index contributed by atoms with van der Waals surface area (Å²) in [5.74, 6) is 0.381. The van der Waals surface area contributed by atoms with Crippen molar-refractivity contribution in [1.82, 2.24) is 19.9 Å². The zero-order valence-electron chi connectivity index (χ0n) is 15.8. The van der Waals surface area contributed by atoms with Gasteiger partial charge in [-0.1, -0.05) is 29.8 Å². The fraction of sp³-hybridized carbons (Fsp3) is 0.238. The van der Waals surface area contributed by atoms with Gasteiger partial charge in [0.25, 0.3) is 5.56 Å². The first-order valence-corrected chi connectivity index (χ1v) is 9.10. The second-order valence-corrected chi connectivity index (χ2v) is 6.99. The van der Waals surface area contributed by atoms with Crippen LogP contribution in [0.1, 0.15) is 17.2 Å². The molecule has 7 nitrogen and oxygen atoms in total. The summed E-state index contributed by atoms with van der Waals surface area (Å²) in [4.78, 5) is 35.4. The Bertz CT molecular complexity index is 1060. The maximum atomic E-state index is 12.5. The van der Waals surface area contributed by atoms with Gasteiger partial charge in [-0.25, -0.2) is 4.98 Å². The molecule has 0 spiro atoms. The van der Waals surface area contributed by atoms with E-state index in [1.54, 1.807) is 19.4 Å². The van der Waals surface area contributed by atoms with Crippen LogP contribution in [0.25, 0.3) is 11.3 Å². The van der Waals surface area contributed by atoms with E-state index < -0.39 is 0 Å². The maximum absolute atomic E-state index is 12.5. The molecule has 1 aliphatic heterocycles. The van der Waals surface area contributed by atoms with Gasteiger partial charge in [-0.15, -0.1) is 0 Å². The van der Waals surface area contributed by atoms with Crippen LogP contribution in [0.5, 0.6) is 0 Å². The standard InChI is InChI=1S/C21H21N5O2/c1-14-3-5-15(6-4-14)18-12-26(13-19(27)23-18)21-24-17(11-20(28)25(21)2)16-7-9-22-10-8-16/h3-11,18H,12-13H2,1-2H3,(H,23,27). The summed E-state index contributed by atoms with van der Waals surface area (Å²) in [5, 5.41) is 3.03. The second kappa shape index (κ2) is 7.26. The normalized spacial score (nSPS) is 16.7. The van der Waals surface area contributed by atoms with E-state index in [4.69, 9.17) is 0 Å². The Morgan fingerprint density at radius 3 is 2.50 bits per heavy atom. The van der Waals surface area contributed by atoms with Crippen molar-refractivity contribution in [2.45, 2.75) is 13.0 Å². The van der Waals surface area contributed by atoms with Crippen LogP contribution in [0, 0.1) is 6.92 Å². The van der Waals surface area contributed by atoms with Crippen molar-refractivity contribution in [1.29, 1.82) is 0 Å². The average Bonchev–Trinajstić information content (AvgIpc) is 2.70. The molecule has 0 aliphatic carbocycles. The zero-order valence-corrected chi connectivity index (χ0v) is 15.8. The highest BCUT2D eigenvalue weighted by Crippen LogP contribution is 2.23. The topological polar surface area (TPSA) is 80.1 Å². The number of carbonyl (C=O) groups is 1. The molecule has 0 bridgehead atoms. The van der Waals surface area contributed by atoms with Crippen molar-refractivity contribution in [3.8, 4) is 11.3 Å². The van der Waals surface area contributed by atoms with Gasteiger partial charge in [0, 0.05) is 37.6 Å². The highest BCUT2D eigenvalue weighted by molar-refractivity contribution is 5.82. The molecule has 1 N–H and O–H groups in total. The third-order valence-corrected chi connectivity index (χ3v) is 4.92. The molecule has 4 rings (SSSR count). The summed E-state index contributed by atoms with van der Waals surface area (Å²) >= 11 is 0. The number of piperazine rings is 1. The minimum atomic E-state index is -0.172. The van der Waals surface area contributed by atoms with Crippen molar-refractivity contribution in [2.75, 3.05) is 18.0 Å². The summed E-state index contributed by atoms with van der Waals surface area (Å²) in [6, 6.07) is 13.0. The Labute approximate surface area is 162 Å². The monoisotopic (exact) mass is 375 g/mol. The van der Waals surface area contributed by atoms with Crippen LogP contribution < -0.4 is 15.8 Å². The van der Waals surface area contributed by atoms with Gasteiger partial charge in [0.15, 0.2) is 0 Å². The average molecular weight is 375 g/mol. The van der Waals surface area contributed by atoms with Gasteiger partial charge in [0.05, 0.1) is 18.3 Å². The fourth-order valence-corrected chi connectivity index (χ4v) is 3.36. The van der Waals surface area contributed by atoms with Gasteiger partial charge >= 0.3 is 0 Å². The van der Waals surface area contributed by atoms with E-state index in [-0.39, 0.29) is 24.1 Å². The number of aryl methyl sites for hydroxylation is 1. The molecular formula is C21H21N5O2. The highest BCUT2D eigenvalue weighted by atomic mass is 16.2. The SMILES string of the molecule is Cc1ccc(C2CN(c3nc(-c4ccncc4)cc(=O)n3C)CC(=O)N2)cc1. The molecule has 28 heavy (non-hydrogen) atoms. The number of rotatable bonds is 3. The number of nitrogens with one attached hydrogen (secondary N) is 1. The Morgan fingerprint density at radius 2 is 1.79 bits per heavy atom. The first kappa shape index (κ1) is 17.9. The van der Waals surface area contributed by atoms with Gasteiger partial charge in [-0.3, -0.25) is 19.1 Å². The Kier molecular flexibility index (Phi) is 4.65. The molecule has 1 amide bonds. The van der Waals surface area contributed by atoms with Crippen LogP contribution in [-0.4, -0.2) is 33.5 Å². The molecule has 142 valence electrons. The Hall–Kier alpha value is -3.48. The van der Waals surface area contributed by atoms with Crippen molar-refractivity contribution in [3.63, 3.8) is 0 Å². The maximum Gasteiger partial charge on any atom is 0.255 e. The number of aromatic nitrogens is 3. The Morgan fingerprint density at radius 1 is 1.07 bits per heavy atom. The van der Waals surface area contributed by atoms with Crippen LogP contribution >= 0.6 is 0 Å². The number of benzene rings is 1. The van der Waals surface area contributed by atoms with E-state index in [2.05, 4.69) is 15.3 Å². The van der Waals surface area contributed by atoms with Crippen LogP contribution in [0.2, 0.25) is 0 Å². The van der Waals surface area contributed by atoms with Crippen LogP contribution in [0.15, 0.2) is 59.7 Å². The molecule has 7 heteroatoms. The molecule has 1 unspecified atom stereocenters. The molecule has 0 radical (unpaired) electrons. The van der Waals surface area contributed by atoms with Crippen LogP contribution in [0.3, 0.4) is 0 Å². The van der Waals surface area contributed by atoms with Crippen LogP contribution in [-0.2, 0) is 11.8 Å². The molecule has 1 aliphatic rings. The number of anilines is 1. The van der Waals surface area contributed by atoms with Crippen molar-refractivity contribution >= 4 is 11.9 Å².